The average molecular weight is 832 g/mol. The number of amides is 4. The lowest BCUT2D eigenvalue weighted by atomic mass is 9.87. The Hall–Kier alpha value is -4.50. The van der Waals surface area contributed by atoms with E-state index in [0.29, 0.717) is 25.3 Å². The fraction of sp³-hybridized carbons (Fsp3) is 0.609. The van der Waals surface area contributed by atoms with Gasteiger partial charge in [-0.25, -0.2) is 0 Å². The Labute approximate surface area is 356 Å². The molecule has 0 radical (unpaired) electrons. The molecule has 4 amide bonds. The first-order chi connectivity index (χ1) is 28.7. The largest absolute Gasteiger partial charge is 0.418 e. The van der Waals surface area contributed by atoms with E-state index in [4.69, 9.17) is 13.9 Å². The summed E-state index contributed by atoms with van der Waals surface area (Å²) in [6.45, 7) is 14.3. The number of rotatable bonds is 22. The first-order valence-electron chi connectivity index (χ1n) is 21.5. The highest BCUT2D eigenvalue weighted by molar-refractivity contribution is 6.00. The molecule has 0 unspecified atom stereocenters. The molecule has 0 saturated carbocycles. The molecule has 2 heterocycles. The van der Waals surface area contributed by atoms with Crippen molar-refractivity contribution in [1.82, 2.24) is 35.9 Å². The van der Waals surface area contributed by atoms with Crippen LogP contribution in [0.15, 0.2) is 65.1 Å². The van der Waals surface area contributed by atoms with E-state index in [1.807, 2.05) is 112 Å². The maximum absolute atomic E-state index is 14.4. The number of hydrogen-bond acceptors (Lipinski definition) is 11. The minimum atomic E-state index is -0.662. The van der Waals surface area contributed by atoms with Gasteiger partial charge in [0, 0.05) is 38.8 Å². The van der Waals surface area contributed by atoms with E-state index in [1.54, 1.807) is 21.3 Å². The van der Waals surface area contributed by atoms with Crippen molar-refractivity contribution in [1.29, 1.82) is 0 Å². The van der Waals surface area contributed by atoms with Gasteiger partial charge in [0.1, 0.15) is 6.04 Å². The van der Waals surface area contributed by atoms with Gasteiger partial charge in [0.05, 0.1) is 42.7 Å². The molecule has 4 rings (SSSR count). The standard InChI is InChI=1S/C46H69N7O7/c1-12-30(6)40(52(9)39(29(4)5)44(57)49-43(56)38(47-8)28(2)3)36(58-10)27-37(54)53-25-19-24-35(53)41(59-11)31(7)42(55)48-34(26-32-20-15-13-16-21-32)46-51-50-45(60-46)33-22-17-14-18-23-33/h13-18,20-23,28-31,34-36,38-41,47H,12,19,24-27H2,1-11H3,(H,48,55)(H,49,56,57)/t30-,31+,34-,35-,36+,38-,39-,40-,41+/m0/s1. The van der Waals surface area contributed by atoms with Crippen LogP contribution in [-0.2, 0) is 35.1 Å². The Morgan fingerprint density at radius 2 is 1.53 bits per heavy atom. The highest BCUT2D eigenvalue weighted by Crippen LogP contribution is 2.31. The lowest BCUT2D eigenvalue weighted by Crippen LogP contribution is -2.60. The van der Waals surface area contributed by atoms with E-state index >= 15 is 0 Å². The summed E-state index contributed by atoms with van der Waals surface area (Å²) < 4.78 is 18.3. The van der Waals surface area contributed by atoms with Gasteiger partial charge in [0.25, 0.3) is 0 Å². The predicted molar refractivity (Wildman–Crippen MR) is 231 cm³/mol. The van der Waals surface area contributed by atoms with Crippen molar-refractivity contribution >= 4 is 23.6 Å². The maximum Gasteiger partial charge on any atom is 0.247 e. The van der Waals surface area contributed by atoms with Crippen molar-refractivity contribution in [3.8, 4) is 11.5 Å². The van der Waals surface area contributed by atoms with Crippen LogP contribution in [0.25, 0.3) is 11.5 Å². The van der Waals surface area contributed by atoms with Crippen LogP contribution in [0.2, 0.25) is 0 Å². The monoisotopic (exact) mass is 832 g/mol. The van der Waals surface area contributed by atoms with Gasteiger partial charge < -0.3 is 29.4 Å². The summed E-state index contributed by atoms with van der Waals surface area (Å²) in [6.07, 6.45) is 1.50. The number of benzene rings is 2. The van der Waals surface area contributed by atoms with Crippen molar-refractivity contribution in [2.45, 2.75) is 123 Å². The fourth-order valence-corrected chi connectivity index (χ4v) is 8.80. The first kappa shape index (κ1) is 48.2. The molecule has 60 heavy (non-hydrogen) atoms. The van der Waals surface area contributed by atoms with E-state index in [1.165, 1.54) is 0 Å². The minimum Gasteiger partial charge on any atom is -0.418 e. The molecule has 0 aliphatic carbocycles. The van der Waals surface area contributed by atoms with Crippen LogP contribution in [0.3, 0.4) is 0 Å². The number of imide groups is 1. The van der Waals surface area contributed by atoms with Crippen molar-refractivity contribution in [2.24, 2.45) is 23.7 Å². The number of likely N-dealkylation sites (N-methyl/N-ethyl adjacent to an activating group) is 2. The molecule has 1 saturated heterocycles. The zero-order chi connectivity index (χ0) is 44.1. The lowest BCUT2D eigenvalue weighted by molar-refractivity contribution is -0.144. The summed E-state index contributed by atoms with van der Waals surface area (Å²) in [5, 5.41) is 17.5. The smallest absolute Gasteiger partial charge is 0.247 e. The van der Waals surface area contributed by atoms with Crippen LogP contribution < -0.4 is 16.0 Å². The SMILES string of the molecule is CC[C@H](C)[C@@H]([C@@H](CC(=O)N1CCC[C@H]1[C@H](OC)[C@@H](C)C(=O)N[C@@H](Cc1ccccc1)c1nnc(-c2ccccc2)o1)OC)N(C)[C@H](C(=O)NC(=O)[C@@H](NC)C(C)C)C(C)C. The second-order valence-corrected chi connectivity index (χ2v) is 16.9. The van der Waals surface area contributed by atoms with Crippen molar-refractivity contribution in [2.75, 3.05) is 34.9 Å². The van der Waals surface area contributed by atoms with Crippen LogP contribution in [0, 0.1) is 23.7 Å². The number of likely N-dealkylation sites (tertiary alicyclic amines) is 1. The third-order valence-corrected chi connectivity index (χ3v) is 12.1. The Morgan fingerprint density at radius 3 is 2.10 bits per heavy atom. The predicted octanol–water partition coefficient (Wildman–Crippen LogP) is 5.44. The topological polar surface area (TPSA) is 168 Å². The molecule has 1 aromatic heterocycles. The molecule has 14 heteroatoms. The van der Waals surface area contributed by atoms with Gasteiger partial charge in [-0.15, -0.1) is 10.2 Å². The number of carbonyl (C=O) groups excluding carboxylic acids is 4. The van der Waals surface area contributed by atoms with E-state index in [0.717, 1.165) is 24.0 Å². The summed E-state index contributed by atoms with van der Waals surface area (Å²) in [4.78, 5) is 59.4. The van der Waals surface area contributed by atoms with E-state index in [2.05, 4.69) is 40.0 Å². The van der Waals surface area contributed by atoms with E-state index in [9.17, 15) is 19.2 Å². The quantitative estimate of drug-likeness (QED) is 0.118. The lowest BCUT2D eigenvalue weighted by Gasteiger charge is -2.43. The summed E-state index contributed by atoms with van der Waals surface area (Å²) in [5.41, 5.74) is 1.77. The van der Waals surface area contributed by atoms with E-state index < -0.39 is 36.3 Å². The summed E-state index contributed by atoms with van der Waals surface area (Å²) in [5.74, 6) is -1.25. The van der Waals surface area contributed by atoms with Gasteiger partial charge >= 0.3 is 0 Å². The van der Waals surface area contributed by atoms with Crippen LogP contribution in [-0.4, -0.2) is 115 Å². The van der Waals surface area contributed by atoms with Gasteiger partial charge in [-0.3, -0.25) is 29.4 Å². The molecule has 2 aromatic carbocycles. The minimum absolute atomic E-state index is 0.0129. The van der Waals surface area contributed by atoms with Crippen LogP contribution in [0.5, 0.6) is 0 Å². The van der Waals surface area contributed by atoms with Crippen LogP contribution in [0.4, 0.5) is 0 Å². The third kappa shape index (κ3) is 12.1. The summed E-state index contributed by atoms with van der Waals surface area (Å²) in [6, 6.07) is 16.8. The second-order valence-electron chi connectivity index (χ2n) is 16.9. The Bertz CT molecular complexity index is 1810. The molecule has 1 aliphatic rings. The summed E-state index contributed by atoms with van der Waals surface area (Å²) >= 11 is 0. The second kappa shape index (κ2) is 22.9. The van der Waals surface area contributed by atoms with Gasteiger partial charge in [-0.05, 0) is 62.4 Å². The fourth-order valence-electron chi connectivity index (χ4n) is 8.80. The molecule has 1 fully saturated rings. The highest BCUT2D eigenvalue weighted by atomic mass is 16.5. The number of aromatic nitrogens is 2. The molecule has 0 spiro atoms. The van der Waals surface area contributed by atoms with Gasteiger partial charge in [-0.1, -0.05) is 103 Å². The van der Waals surface area contributed by atoms with E-state index in [-0.39, 0.29) is 65.8 Å². The zero-order valence-electron chi connectivity index (χ0n) is 37.5. The highest BCUT2D eigenvalue weighted by Gasteiger charge is 2.44. The molecule has 3 aromatic rings. The molecular weight excluding hydrogens is 763 g/mol. The van der Waals surface area contributed by atoms with Crippen molar-refractivity contribution in [3.63, 3.8) is 0 Å². The van der Waals surface area contributed by atoms with Crippen molar-refractivity contribution < 1.29 is 33.1 Å². The number of methoxy groups -OCH3 is 2. The van der Waals surface area contributed by atoms with Gasteiger partial charge in [-0.2, -0.15) is 0 Å². The molecule has 330 valence electrons. The Kier molecular flexibility index (Phi) is 18.4. The number of carbonyl (C=O) groups is 4. The average Bonchev–Trinajstić information content (AvgIpc) is 3.92. The number of nitrogens with one attached hydrogen (secondary N) is 3. The van der Waals surface area contributed by atoms with Crippen molar-refractivity contribution in [3.05, 3.63) is 72.1 Å². The number of nitrogens with zero attached hydrogens (tertiary/aromatic N) is 4. The summed E-state index contributed by atoms with van der Waals surface area (Å²) in [7, 11) is 6.76. The number of hydrogen-bond donors (Lipinski definition) is 3. The Morgan fingerprint density at radius 1 is 0.883 bits per heavy atom. The van der Waals surface area contributed by atoms with Gasteiger partial charge in [0.15, 0.2) is 0 Å². The molecule has 0 bridgehead atoms. The molecule has 9 atom stereocenters. The molecule has 14 nitrogen and oxygen atoms in total. The zero-order valence-corrected chi connectivity index (χ0v) is 37.5. The molecule has 3 N–H and O–H groups in total. The van der Waals surface area contributed by atoms with Crippen LogP contribution >= 0.6 is 0 Å². The third-order valence-electron chi connectivity index (χ3n) is 12.1. The van der Waals surface area contributed by atoms with Gasteiger partial charge in [0.2, 0.25) is 35.4 Å². The Balaban J connectivity index is 1.52. The molecule has 1 aliphatic heterocycles. The molecular formula is C46H69N7O7. The normalized spacial score (nSPS) is 18.4. The maximum atomic E-state index is 14.4. The van der Waals surface area contributed by atoms with Crippen LogP contribution in [0.1, 0.15) is 91.6 Å². The first-order valence-corrected chi connectivity index (χ1v) is 21.5. The number of ether oxygens (including phenoxy) is 2.